The summed E-state index contributed by atoms with van der Waals surface area (Å²) in [7, 11) is 0. The van der Waals surface area contributed by atoms with E-state index >= 15 is 0 Å². The van der Waals surface area contributed by atoms with Gasteiger partial charge in [0.25, 0.3) is 0 Å². The Balaban J connectivity index is 0. The fourth-order valence-electron chi connectivity index (χ4n) is 0. The van der Waals surface area contributed by atoms with E-state index in [0.29, 0.717) is 0 Å². The van der Waals surface area contributed by atoms with Crippen LogP contribution in [0.4, 0.5) is 0 Å². The van der Waals surface area contributed by atoms with Gasteiger partial charge in [-0.15, -0.1) is 0 Å². The average molecular weight is 417 g/mol. The summed E-state index contributed by atoms with van der Waals surface area (Å²) in [6, 6.07) is 0. The first-order valence-corrected chi connectivity index (χ1v) is 4.39. The standard InChI is InChI=1S/CHI3.Na/c2-1(3)4;/h1H;. The van der Waals surface area contributed by atoms with Gasteiger partial charge in [-0.1, -0.05) is 67.8 Å². The monoisotopic (exact) mass is 417 g/mol. The topological polar surface area (TPSA) is 0 Å². The molecule has 0 saturated heterocycles. The minimum atomic E-state index is 0. The van der Waals surface area contributed by atoms with Crippen molar-refractivity contribution in [3.63, 3.8) is 0 Å². The second-order valence-corrected chi connectivity index (χ2v) is 11.1. The molecule has 0 unspecified atom stereocenters. The molecule has 5 heavy (non-hydrogen) atoms. The Morgan fingerprint density at radius 2 is 1.00 bits per heavy atom. The van der Waals surface area contributed by atoms with Crippen molar-refractivity contribution in [2.75, 3.05) is 0 Å². The van der Waals surface area contributed by atoms with Gasteiger partial charge >= 0.3 is 0 Å². The fraction of sp³-hybridized carbons (Fsp3) is 1.00. The van der Waals surface area contributed by atoms with Crippen LogP contribution in [0.25, 0.3) is 0 Å². The van der Waals surface area contributed by atoms with Crippen molar-refractivity contribution < 1.29 is 0 Å². The van der Waals surface area contributed by atoms with Crippen LogP contribution in [0.5, 0.6) is 0 Å². The minimum absolute atomic E-state index is 0. The number of hydrogen-bond donors (Lipinski definition) is 0. The number of rotatable bonds is 0. The summed E-state index contributed by atoms with van der Waals surface area (Å²) >= 11 is 6.95. The molecule has 0 fully saturated rings. The van der Waals surface area contributed by atoms with Crippen LogP contribution in [0.1, 0.15) is 0 Å². The predicted octanol–water partition coefficient (Wildman–Crippen LogP) is 2.19. The molecule has 0 amide bonds. The summed E-state index contributed by atoms with van der Waals surface area (Å²) < 4.78 is 0.743. The summed E-state index contributed by atoms with van der Waals surface area (Å²) in [6.45, 7) is 0. The molecule has 0 heterocycles. The van der Waals surface area contributed by atoms with Crippen molar-refractivity contribution in [3.8, 4) is 0 Å². The van der Waals surface area contributed by atoms with Gasteiger partial charge in [-0.3, -0.25) is 0 Å². The van der Waals surface area contributed by atoms with E-state index in [1.807, 2.05) is 0 Å². The van der Waals surface area contributed by atoms with Gasteiger partial charge in [0.1, 0.15) is -0.0619 Å². The fourth-order valence-corrected chi connectivity index (χ4v) is 0. The molecule has 0 bridgehead atoms. The first-order valence-electron chi connectivity index (χ1n) is 0.655. The molecule has 0 atom stereocenters. The molecule has 0 N–H and O–H groups in total. The molecule has 0 aliphatic heterocycles. The smallest absolute Gasteiger partial charge is 0.0592 e. The molecule has 0 aromatic carbocycles. The quantitative estimate of drug-likeness (QED) is 0.323. The maximum absolute atomic E-state index is 2.32. The second-order valence-electron chi connectivity index (χ2n) is 0.247. The van der Waals surface area contributed by atoms with Crippen LogP contribution in [-0.4, -0.2) is 29.5 Å². The molecule has 0 aliphatic rings. The molecule has 1 radical (unpaired) electrons. The molecule has 0 aliphatic carbocycles. The largest absolute Gasteiger partial charge is 0.114 e. The summed E-state index contributed by atoms with van der Waals surface area (Å²) in [6.07, 6.45) is 0. The van der Waals surface area contributed by atoms with Gasteiger partial charge in [-0.05, 0) is 0 Å². The van der Waals surface area contributed by atoms with E-state index in [1.165, 1.54) is 0 Å². The molecule has 0 nitrogen and oxygen atoms in total. The molecule has 0 spiro atoms. The van der Waals surface area contributed by atoms with E-state index < -0.39 is 0 Å². The Morgan fingerprint density at radius 3 is 1.00 bits per heavy atom. The first-order chi connectivity index (χ1) is 1.73. The average Bonchev–Trinajstić information content (AvgIpc) is 0.811. The van der Waals surface area contributed by atoms with Crippen molar-refractivity contribution >= 4 is 97.3 Å². The zero-order chi connectivity index (χ0) is 3.58. The van der Waals surface area contributed by atoms with Crippen molar-refractivity contribution in [2.24, 2.45) is 0 Å². The van der Waals surface area contributed by atoms with Crippen LogP contribution in [-0.2, 0) is 0 Å². The molecule has 0 saturated carbocycles. The Kier molecular flexibility index (Phi) is 15.9. The van der Waals surface area contributed by atoms with E-state index in [-0.39, 0.29) is 29.6 Å². The van der Waals surface area contributed by atoms with Gasteiger partial charge in [0.15, 0.2) is 0 Å². The SMILES string of the molecule is IC(I)I.[Na]. The third-order valence-electron chi connectivity index (χ3n) is 0. The number of halogens is 3. The molecule has 0 aromatic heterocycles. The van der Waals surface area contributed by atoms with E-state index in [9.17, 15) is 0 Å². The summed E-state index contributed by atoms with van der Waals surface area (Å²) in [5.41, 5.74) is 0. The molecular weight excluding hydrogens is 416 g/mol. The van der Waals surface area contributed by atoms with E-state index in [4.69, 9.17) is 0 Å². The number of hydrogen-bond acceptors (Lipinski definition) is 0. The van der Waals surface area contributed by atoms with E-state index in [2.05, 4.69) is 67.8 Å². The molecule has 0 aromatic rings. The summed E-state index contributed by atoms with van der Waals surface area (Å²) in [4.78, 5) is 0. The normalized spacial score (nSPS) is 7.20. The van der Waals surface area contributed by atoms with Gasteiger partial charge in [0, 0.05) is 29.6 Å². The van der Waals surface area contributed by atoms with Gasteiger partial charge < -0.3 is 0 Å². The van der Waals surface area contributed by atoms with Gasteiger partial charge in [-0.25, -0.2) is 0 Å². The summed E-state index contributed by atoms with van der Waals surface area (Å²) in [5, 5.41) is 0. The van der Waals surface area contributed by atoms with Crippen molar-refractivity contribution in [3.05, 3.63) is 0 Å². The van der Waals surface area contributed by atoms with Crippen molar-refractivity contribution in [2.45, 2.75) is -0.0619 Å². The molecule has 0 rings (SSSR count). The Labute approximate surface area is 94.9 Å². The Morgan fingerprint density at radius 1 is 1.00 bits per heavy atom. The van der Waals surface area contributed by atoms with E-state index in [1.54, 1.807) is 0 Å². The zero-order valence-electron chi connectivity index (χ0n) is 2.71. The molecule has 4 heteroatoms. The third-order valence-corrected chi connectivity index (χ3v) is 0. The van der Waals surface area contributed by atoms with Gasteiger partial charge in [-0.2, -0.15) is 0 Å². The van der Waals surface area contributed by atoms with Crippen LogP contribution < -0.4 is 0 Å². The van der Waals surface area contributed by atoms with Crippen LogP contribution in [0.15, 0.2) is 0 Å². The van der Waals surface area contributed by atoms with Gasteiger partial charge in [0.05, 0.1) is 0 Å². The first kappa shape index (κ1) is 11.0. The van der Waals surface area contributed by atoms with Crippen LogP contribution in [0, 0.1) is 0 Å². The minimum Gasteiger partial charge on any atom is -0.0592 e. The third kappa shape index (κ3) is 19.0. The summed E-state index contributed by atoms with van der Waals surface area (Å²) in [5.74, 6) is 0. The predicted molar refractivity (Wildman–Crippen MR) is 51.6 cm³/mol. The molecular formula is CHI3Na. The Hall–Kier alpha value is 3.19. The Bertz CT molecular complexity index is 11.6. The maximum Gasteiger partial charge on any atom is 0.114 e. The zero-order valence-corrected chi connectivity index (χ0v) is 11.2. The number of alkyl halides is 3. The van der Waals surface area contributed by atoms with Crippen LogP contribution in [0.3, 0.4) is 0 Å². The maximum atomic E-state index is 2.32. The molecule has 27 valence electrons. The van der Waals surface area contributed by atoms with Crippen LogP contribution >= 0.6 is 67.8 Å². The van der Waals surface area contributed by atoms with Gasteiger partial charge in [0.2, 0.25) is 0 Å². The van der Waals surface area contributed by atoms with E-state index in [0.717, 1.165) is -0.0619 Å². The van der Waals surface area contributed by atoms with Crippen LogP contribution in [0.2, 0.25) is 0 Å². The second kappa shape index (κ2) is 7.19. The van der Waals surface area contributed by atoms with Crippen molar-refractivity contribution in [1.29, 1.82) is 0 Å². The van der Waals surface area contributed by atoms with Crippen molar-refractivity contribution in [1.82, 2.24) is 0 Å².